The third-order valence-corrected chi connectivity index (χ3v) is 4.88. The molecule has 1 N–H and O–H groups in total. The molecule has 1 aromatic carbocycles. The van der Waals surface area contributed by atoms with Crippen LogP contribution in [0.1, 0.15) is 37.1 Å². The monoisotopic (exact) mass is 306 g/mol. The van der Waals surface area contributed by atoms with Crippen molar-refractivity contribution in [2.24, 2.45) is 7.05 Å². The van der Waals surface area contributed by atoms with Gasteiger partial charge in [0.05, 0.1) is 5.52 Å². The molecule has 1 atom stereocenters. The minimum atomic E-state index is 0.501. The fourth-order valence-electron chi connectivity index (χ4n) is 3.16. The summed E-state index contributed by atoms with van der Waals surface area (Å²) in [5.41, 5.74) is 4.22. The molecule has 3 rings (SSSR count). The number of benzene rings is 1. The SMILES string of the molecule is CCc1cccc2c(Br)c(C3CCCN3)n(C)c12. The molecular formula is C15H19BrN2. The molecule has 1 aromatic heterocycles. The van der Waals surface area contributed by atoms with Gasteiger partial charge in [-0.1, -0.05) is 25.1 Å². The Labute approximate surface area is 116 Å². The topological polar surface area (TPSA) is 17.0 Å². The standard InChI is InChI=1S/C15H19BrN2/c1-3-10-6-4-7-11-13(16)15(18(2)14(10)11)12-8-5-9-17-12/h4,6-7,12,17H,3,5,8-9H2,1-2H3. The van der Waals surface area contributed by atoms with Gasteiger partial charge in [0.2, 0.25) is 0 Å². The molecule has 0 spiro atoms. The number of halogens is 1. The van der Waals surface area contributed by atoms with Crippen LogP contribution in [0.3, 0.4) is 0 Å². The molecule has 2 aromatic rings. The van der Waals surface area contributed by atoms with Crippen LogP contribution >= 0.6 is 15.9 Å². The van der Waals surface area contributed by atoms with Crippen molar-refractivity contribution in [3.05, 3.63) is 33.9 Å². The van der Waals surface area contributed by atoms with Crippen LogP contribution < -0.4 is 5.32 Å². The third kappa shape index (κ3) is 1.72. The summed E-state index contributed by atoms with van der Waals surface area (Å²) < 4.78 is 3.65. The first-order valence-corrected chi connectivity index (χ1v) is 7.52. The number of aromatic nitrogens is 1. The Balaban J connectivity index is 2.26. The number of hydrogen-bond acceptors (Lipinski definition) is 1. The molecule has 0 saturated carbocycles. The molecule has 18 heavy (non-hydrogen) atoms. The van der Waals surface area contributed by atoms with Gasteiger partial charge in [0.1, 0.15) is 0 Å². The van der Waals surface area contributed by atoms with Gasteiger partial charge in [0.25, 0.3) is 0 Å². The Morgan fingerprint density at radius 3 is 2.94 bits per heavy atom. The zero-order chi connectivity index (χ0) is 12.7. The normalized spacial score (nSPS) is 19.8. The second-order valence-electron chi connectivity index (χ2n) is 5.07. The fraction of sp³-hybridized carbons (Fsp3) is 0.467. The van der Waals surface area contributed by atoms with E-state index in [4.69, 9.17) is 0 Å². The summed E-state index contributed by atoms with van der Waals surface area (Å²) in [6, 6.07) is 7.12. The molecule has 1 unspecified atom stereocenters. The molecule has 1 fully saturated rings. The van der Waals surface area contributed by atoms with Crippen LogP contribution in [0, 0.1) is 0 Å². The Bertz CT molecular complexity index is 580. The Morgan fingerprint density at radius 2 is 2.28 bits per heavy atom. The summed E-state index contributed by atoms with van der Waals surface area (Å²) in [7, 11) is 2.20. The second kappa shape index (κ2) is 4.71. The number of rotatable bonds is 2. The zero-order valence-corrected chi connectivity index (χ0v) is 12.5. The number of para-hydroxylation sites is 1. The highest BCUT2D eigenvalue weighted by molar-refractivity contribution is 9.10. The molecule has 96 valence electrons. The van der Waals surface area contributed by atoms with Crippen LogP contribution in [0.2, 0.25) is 0 Å². The van der Waals surface area contributed by atoms with Crippen molar-refractivity contribution in [3.63, 3.8) is 0 Å². The minimum absolute atomic E-state index is 0.501. The average Bonchev–Trinajstić information content (AvgIpc) is 2.98. The zero-order valence-electron chi connectivity index (χ0n) is 11.0. The van der Waals surface area contributed by atoms with Gasteiger partial charge in [-0.05, 0) is 47.3 Å². The maximum Gasteiger partial charge on any atom is 0.0524 e. The molecule has 1 saturated heterocycles. The maximum atomic E-state index is 3.82. The van der Waals surface area contributed by atoms with Crippen molar-refractivity contribution >= 4 is 26.8 Å². The number of fused-ring (bicyclic) bond motifs is 1. The summed E-state index contributed by atoms with van der Waals surface area (Å²) in [6.45, 7) is 3.36. The quantitative estimate of drug-likeness (QED) is 0.889. The van der Waals surface area contributed by atoms with Crippen LogP contribution in [0.25, 0.3) is 10.9 Å². The summed E-state index contributed by atoms with van der Waals surface area (Å²) in [5, 5.41) is 4.95. The molecular weight excluding hydrogens is 288 g/mol. The van der Waals surface area contributed by atoms with Crippen molar-refractivity contribution in [2.45, 2.75) is 32.2 Å². The Kier molecular flexibility index (Phi) is 3.20. The smallest absolute Gasteiger partial charge is 0.0524 e. The molecule has 0 aliphatic carbocycles. The van der Waals surface area contributed by atoms with E-state index in [1.54, 1.807) is 0 Å². The van der Waals surface area contributed by atoms with Crippen LogP contribution in [-0.4, -0.2) is 11.1 Å². The van der Waals surface area contributed by atoms with Crippen molar-refractivity contribution in [1.82, 2.24) is 9.88 Å². The van der Waals surface area contributed by atoms with E-state index in [2.05, 4.69) is 58.0 Å². The van der Waals surface area contributed by atoms with Crippen LogP contribution in [0.4, 0.5) is 0 Å². The van der Waals surface area contributed by atoms with Crippen LogP contribution in [-0.2, 0) is 13.5 Å². The molecule has 1 aliphatic rings. The average molecular weight is 307 g/mol. The van der Waals surface area contributed by atoms with Gasteiger partial charge >= 0.3 is 0 Å². The van der Waals surface area contributed by atoms with E-state index >= 15 is 0 Å². The van der Waals surface area contributed by atoms with Crippen molar-refractivity contribution in [1.29, 1.82) is 0 Å². The van der Waals surface area contributed by atoms with E-state index in [1.165, 1.54) is 39.5 Å². The molecule has 0 amide bonds. The highest BCUT2D eigenvalue weighted by Crippen LogP contribution is 2.38. The predicted molar refractivity (Wildman–Crippen MR) is 80.0 cm³/mol. The van der Waals surface area contributed by atoms with Crippen molar-refractivity contribution in [2.75, 3.05) is 6.54 Å². The molecule has 0 radical (unpaired) electrons. The van der Waals surface area contributed by atoms with Gasteiger partial charge in [-0.2, -0.15) is 0 Å². The van der Waals surface area contributed by atoms with Gasteiger partial charge in [0.15, 0.2) is 0 Å². The van der Waals surface area contributed by atoms with Gasteiger partial charge in [-0.15, -0.1) is 0 Å². The minimum Gasteiger partial charge on any atom is -0.345 e. The fourth-order valence-corrected chi connectivity index (χ4v) is 4.02. The molecule has 2 nitrogen and oxygen atoms in total. The summed E-state index contributed by atoms with van der Waals surface area (Å²) in [5.74, 6) is 0. The summed E-state index contributed by atoms with van der Waals surface area (Å²) in [4.78, 5) is 0. The van der Waals surface area contributed by atoms with E-state index < -0.39 is 0 Å². The highest BCUT2D eigenvalue weighted by atomic mass is 79.9. The summed E-state index contributed by atoms with van der Waals surface area (Å²) >= 11 is 3.82. The summed E-state index contributed by atoms with van der Waals surface area (Å²) in [6.07, 6.45) is 3.60. The number of nitrogens with zero attached hydrogens (tertiary/aromatic N) is 1. The highest BCUT2D eigenvalue weighted by Gasteiger charge is 2.24. The Hall–Kier alpha value is -0.800. The lowest BCUT2D eigenvalue weighted by atomic mass is 10.1. The molecule has 3 heteroatoms. The van der Waals surface area contributed by atoms with E-state index in [-0.39, 0.29) is 0 Å². The van der Waals surface area contributed by atoms with E-state index in [9.17, 15) is 0 Å². The van der Waals surface area contributed by atoms with Crippen molar-refractivity contribution < 1.29 is 0 Å². The lowest BCUT2D eigenvalue weighted by Crippen LogP contribution is -2.16. The third-order valence-electron chi connectivity index (χ3n) is 4.05. The van der Waals surface area contributed by atoms with Crippen molar-refractivity contribution in [3.8, 4) is 0 Å². The van der Waals surface area contributed by atoms with Crippen LogP contribution in [0.15, 0.2) is 22.7 Å². The van der Waals surface area contributed by atoms with Gasteiger partial charge in [0, 0.05) is 28.6 Å². The van der Waals surface area contributed by atoms with Gasteiger partial charge in [-0.25, -0.2) is 0 Å². The molecule has 1 aliphatic heterocycles. The predicted octanol–water partition coefficient (Wildman–Crippen LogP) is 3.93. The van der Waals surface area contributed by atoms with Crippen LogP contribution in [0.5, 0.6) is 0 Å². The lowest BCUT2D eigenvalue weighted by Gasteiger charge is -2.13. The number of nitrogens with one attached hydrogen (secondary N) is 1. The van der Waals surface area contributed by atoms with E-state index in [1.807, 2.05) is 0 Å². The van der Waals surface area contributed by atoms with E-state index in [0.717, 1.165) is 13.0 Å². The largest absolute Gasteiger partial charge is 0.345 e. The van der Waals surface area contributed by atoms with Gasteiger partial charge < -0.3 is 9.88 Å². The van der Waals surface area contributed by atoms with E-state index in [0.29, 0.717) is 6.04 Å². The first-order valence-electron chi connectivity index (χ1n) is 6.73. The maximum absolute atomic E-state index is 3.82. The first-order chi connectivity index (χ1) is 8.74. The molecule has 0 bridgehead atoms. The number of hydrogen-bond donors (Lipinski definition) is 1. The first kappa shape index (κ1) is 12.2. The number of aryl methyl sites for hydroxylation is 2. The molecule has 2 heterocycles. The lowest BCUT2D eigenvalue weighted by molar-refractivity contribution is 0.601. The van der Waals surface area contributed by atoms with Gasteiger partial charge in [-0.3, -0.25) is 0 Å². The Morgan fingerprint density at radius 1 is 1.44 bits per heavy atom. The second-order valence-corrected chi connectivity index (χ2v) is 5.87.